The van der Waals surface area contributed by atoms with E-state index in [2.05, 4.69) is 31.2 Å². The predicted molar refractivity (Wildman–Crippen MR) is 122 cm³/mol. The number of rotatable bonds is 6. The summed E-state index contributed by atoms with van der Waals surface area (Å²) in [4.78, 5) is 16.6. The van der Waals surface area contributed by atoms with E-state index in [0.717, 1.165) is 16.1 Å². The number of carbonyl (C=O) groups is 1. The molecule has 0 aliphatic carbocycles. The molecular formula is C19H21N9OS. The number of nitrogen functional groups attached to an aromatic ring is 1. The number of anilines is 3. The normalized spacial score (nSPS) is 10.9. The molecule has 2 amide bonds. The van der Waals surface area contributed by atoms with Gasteiger partial charge in [0.25, 0.3) is 0 Å². The number of nitrogens with zero attached hydrogens (tertiary/aromatic N) is 3. The van der Waals surface area contributed by atoms with Crippen LogP contribution in [0.25, 0.3) is 10.6 Å². The molecule has 0 saturated heterocycles. The standard InChI is InChI=1S/C19H21N9OS/c1-11(27-28-18(20)21)12-2-6-14(7-3-12)23-19(29)24-15-8-4-13(5-9-15)17-25-16(26-22)10-30-17/h2-10,26H,22H2,1H3,(H4,20,21,28)(H2,23,24,29)/b27-11+. The number of thiazole rings is 1. The molecule has 0 unspecified atom stereocenters. The van der Waals surface area contributed by atoms with E-state index in [9.17, 15) is 4.79 Å². The summed E-state index contributed by atoms with van der Waals surface area (Å²) in [5, 5.41) is 15.8. The fraction of sp³-hybridized carbons (Fsp3) is 0.0526. The molecule has 11 heteroatoms. The number of amides is 2. The van der Waals surface area contributed by atoms with Crippen LogP contribution in [0.4, 0.5) is 22.0 Å². The maximum atomic E-state index is 12.3. The number of hydrogen-bond donors (Lipinski definition) is 6. The summed E-state index contributed by atoms with van der Waals surface area (Å²) in [6.45, 7) is 1.78. The van der Waals surface area contributed by atoms with E-state index >= 15 is 0 Å². The fourth-order valence-electron chi connectivity index (χ4n) is 2.45. The van der Waals surface area contributed by atoms with Gasteiger partial charge in [0.2, 0.25) is 5.96 Å². The minimum Gasteiger partial charge on any atom is -0.369 e. The van der Waals surface area contributed by atoms with Gasteiger partial charge in [-0.2, -0.15) is 5.10 Å². The van der Waals surface area contributed by atoms with Gasteiger partial charge in [-0.15, -0.1) is 16.4 Å². The largest absolute Gasteiger partial charge is 0.369 e. The molecule has 0 radical (unpaired) electrons. The van der Waals surface area contributed by atoms with Gasteiger partial charge in [-0.05, 0) is 48.9 Å². The Hall–Kier alpha value is -3.96. The Labute approximate surface area is 176 Å². The molecule has 1 heterocycles. The number of hydrazine groups is 1. The Balaban J connectivity index is 1.59. The molecule has 0 aliphatic rings. The van der Waals surface area contributed by atoms with Gasteiger partial charge in [-0.3, -0.25) is 0 Å². The van der Waals surface area contributed by atoms with E-state index < -0.39 is 0 Å². The Kier molecular flexibility index (Phi) is 6.57. The summed E-state index contributed by atoms with van der Waals surface area (Å²) in [7, 11) is 0. The molecule has 0 atom stereocenters. The second-order valence-corrected chi connectivity index (χ2v) is 6.98. The van der Waals surface area contributed by atoms with Gasteiger partial charge >= 0.3 is 6.03 Å². The Morgan fingerprint density at radius 2 is 1.57 bits per heavy atom. The second kappa shape index (κ2) is 9.49. The first-order valence-corrected chi connectivity index (χ1v) is 9.67. The van der Waals surface area contributed by atoms with E-state index in [1.165, 1.54) is 11.3 Å². The van der Waals surface area contributed by atoms with Crippen molar-refractivity contribution >= 4 is 46.2 Å². The van der Waals surface area contributed by atoms with Crippen LogP contribution in [-0.2, 0) is 0 Å². The molecular weight excluding hydrogens is 402 g/mol. The summed E-state index contributed by atoms with van der Waals surface area (Å²) in [6.07, 6.45) is 0. The number of nitrogens with one attached hydrogen (secondary N) is 3. The van der Waals surface area contributed by atoms with Gasteiger partial charge in [0.1, 0.15) is 5.01 Å². The van der Waals surface area contributed by atoms with Crippen LogP contribution in [0.2, 0.25) is 0 Å². The number of nitrogens with two attached hydrogens (primary N) is 3. The van der Waals surface area contributed by atoms with Crippen molar-refractivity contribution < 1.29 is 4.79 Å². The maximum absolute atomic E-state index is 12.3. The Bertz CT molecular complexity index is 1070. The third-order valence-electron chi connectivity index (χ3n) is 3.92. The zero-order valence-electron chi connectivity index (χ0n) is 16.1. The van der Waals surface area contributed by atoms with E-state index in [0.29, 0.717) is 22.9 Å². The van der Waals surface area contributed by atoms with Gasteiger partial charge < -0.3 is 27.5 Å². The first-order chi connectivity index (χ1) is 14.4. The quantitative estimate of drug-likeness (QED) is 0.154. The van der Waals surface area contributed by atoms with Gasteiger partial charge in [-0.25, -0.2) is 15.6 Å². The minimum absolute atomic E-state index is 0.110. The first-order valence-electron chi connectivity index (χ1n) is 8.79. The highest BCUT2D eigenvalue weighted by molar-refractivity contribution is 7.13. The van der Waals surface area contributed by atoms with Crippen molar-refractivity contribution in [3.63, 3.8) is 0 Å². The van der Waals surface area contributed by atoms with Gasteiger partial charge in [0.15, 0.2) is 5.82 Å². The van der Waals surface area contributed by atoms with E-state index in [1.54, 1.807) is 31.2 Å². The molecule has 154 valence electrons. The number of guanidine groups is 1. The van der Waals surface area contributed by atoms with E-state index in [4.69, 9.17) is 17.3 Å². The van der Waals surface area contributed by atoms with Gasteiger partial charge in [0.05, 0.1) is 5.71 Å². The fourth-order valence-corrected chi connectivity index (χ4v) is 3.21. The van der Waals surface area contributed by atoms with Crippen molar-refractivity contribution in [2.24, 2.45) is 27.5 Å². The van der Waals surface area contributed by atoms with Crippen LogP contribution in [0.1, 0.15) is 12.5 Å². The Morgan fingerprint density at radius 1 is 0.967 bits per heavy atom. The zero-order valence-corrected chi connectivity index (χ0v) is 16.9. The predicted octanol–water partition coefficient (Wildman–Crippen LogP) is 2.74. The van der Waals surface area contributed by atoms with Crippen LogP contribution >= 0.6 is 11.3 Å². The van der Waals surface area contributed by atoms with E-state index in [-0.39, 0.29) is 12.0 Å². The summed E-state index contributed by atoms with van der Waals surface area (Å²) in [6, 6.07) is 14.1. The van der Waals surface area contributed by atoms with E-state index in [1.807, 2.05) is 29.6 Å². The number of hydrogen-bond acceptors (Lipinski definition) is 7. The van der Waals surface area contributed by atoms with Crippen LogP contribution in [0.3, 0.4) is 0 Å². The first kappa shape index (κ1) is 20.8. The Morgan fingerprint density at radius 3 is 2.10 bits per heavy atom. The molecule has 9 N–H and O–H groups in total. The highest BCUT2D eigenvalue weighted by Crippen LogP contribution is 2.26. The molecule has 10 nitrogen and oxygen atoms in total. The topological polar surface area (TPSA) is 169 Å². The number of urea groups is 1. The lowest BCUT2D eigenvalue weighted by Gasteiger charge is -2.09. The van der Waals surface area contributed by atoms with Crippen molar-refractivity contribution in [3.8, 4) is 10.6 Å². The highest BCUT2D eigenvalue weighted by atomic mass is 32.1. The minimum atomic E-state index is -0.356. The van der Waals surface area contributed by atoms with Crippen molar-refractivity contribution in [1.82, 2.24) is 4.98 Å². The summed E-state index contributed by atoms with van der Waals surface area (Å²) >= 11 is 1.48. The number of aromatic nitrogens is 1. The molecule has 0 saturated carbocycles. The third kappa shape index (κ3) is 5.53. The molecule has 1 aromatic heterocycles. The van der Waals surface area contributed by atoms with Gasteiger partial charge in [0, 0.05) is 22.3 Å². The SMILES string of the molecule is C/C(=N\N=C(N)N)c1ccc(NC(=O)Nc2ccc(-c3nc(NN)cs3)cc2)cc1. The van der Waals surface area contributed by atoms with Crippen LogP contribution in [0, 0.1) is 0 Å². The molecule has 0 spiro atoms. The molecule has 0 fully saturated rings. The maximum Gasteiger partial charge on any atom is 0.323 e. The average Bonchev–Trinajstić information content (AvgIpc) is 3.22. The molecule has 2 aromatic carbocycles. The molecule has 0 bridgehead atoms. The smallest absolute Gasteiger partial charge is 0.323 e. The zero-order chi connectivity index (χ0) is 21.5. The summed E-state index contributed by atoms with van der Waals surface area (Å²) < 4.78 is 0. The lowest BCUT2D eigenvalue weighted by molar-refractivity contribution is 0.262. The lowest BCUT2D eigenvalue weighted by Crippen LogP contribution is -2.22. The molecule has 3 aromatic rings. The summed E-state index contributed by atoms with van der Waals surface area (Å²) in [5.74, 6) is 5.85. The van der Waals surface area contributed by atoms with Crippen LogP contribution in [-0.4, -0.2) is 22.7 Å². The molecule has 3 rings (SSSR count). The highest BCUT2D eigenvalue weighted by Gasteiger charge is 2.07. The lowest BCUT2D eigenvalue weighted by atomic mass is 10.1. The number of carbonyl (C=O) groups excluding carboxylic acids is 1. The van der Waals surface area contributed by atoms with Crippen molar-refractivity contribution in [2.45, 2.75) is 6.92 Å². The van der Waals surface area contributed by atoms with Crippen molar-refractivity contribution in [3.05, 3.63) is 59.5 Å². The van der Waals surface area contributed by atoms with Crippen LogP contribution in [0.5, 0.6) is 0 Å². The molecule has 30 heavy (non-hydrogen) atoms. The van der Waals surface area contributed by atoms with Gasteiger partial charge in [-0.1, -0.05) is 12.1 Å². The van der Waals surface area contributed by atoms with Crippen LogP contribution < -0.4 is 33.4 Å². The molecule has 0 aliphatic heterocycles. The van der Waals surface area contributed by atoms with Crippen molar-refractivity contribution in [1.29, 1.82) is 0 Å². The number of benzene rings is 2. The third-order valence-corrected chi connectivity index (χ3v) is 4.81. The second-order valence-electron chi connectivity index (χ2n) is 6.13. The monoisotopic (exact) mass is 423 g/mol. The van der Waals surface area contributed by atoms with Crippen molar-refractivity contribution in [2.75, 3.05) is 16.1 Å². The van der Waals surface area contributed by atoms with Crippen LogP contribution in [0.15, 0.2) is 64.1 Å². The summed E-state index contributed by atoms with van der Waals surface area (Å²) in [5.41, 5.74) is 16.7. The average molecular weight is 424 g/mol.